The molecule has 0 spiro atoms. The molecular formula is C13H17NO3. The molecule has 0 aliphatic carbocycles. The van der Waals surface area contributed by atoms with Crippen molar-refractivity contribution >= 4 is 5.97 Å². The maximum absolute atomic E-state index is 11.7. The monoisotopic (exact) mass is 235 g/mol. The Balaban J connectivity index is 1.83. The minimum Gasteiger partial charge on any atom is -0.462 e. The molecule has 1 aliphatic rings. The van der Waals surface area contributed by atoms with E-state index < -0.39 is 12.0 Å². The van der Waals surface area contributed by atoms with Gasteiger partial charge in [0.25, 0.3) is 0 Å². The number of hydrogen-bond donors (Lipinski definition) is 1. The van der Waals surface area contributed by atoms with E-state index in [0.29, 0.717) is 6.61 Å². The fourth-order valence-electron chi connectivity index (χ4n) is 1.84. The Hall–Kier alpha value is -1.39. The number of esters is 1. The van der Waals surface area contributed by atoms with Crippen LogP contribution in [0.2, 0.25) is 0 Å². The summed E-state index contributed by atoms with van der Waals surface area (Å²) in [6.45, 7) is 1.06. The van der Waals surface area contributed by atoms with Crippen LogP contribution in [0.4, 0.5) is 0 Å². The third-order valence-corrected chi connectivity index (χ3v) is 2.85. The first-order chi connectivity index (χ1) is 8.27. The minimum atomic E-state index is -0.711. The first kappa shape index (κ1) is 12.1. The van der Waals surface area contributed by atoms with Gasteiger partial charge in [0.05, 0.1) is 6.10 Å². The lowest BCUT2D eigenvalue weighted by molar-refractivity contribution is -0.148. The Morgan fingerprint density at radius 3 is 2.88 bits per heavy atom. The molecule has 1 aromatic rings. The van der Waals surface area contributed by atoms with Crippen molar-refractivity contribution in [1.82, 2.24) is 0 Å². The predicted molar refractivity (Wildman–Crippen MR) is 63.3 cm³/mol. The average molecular weight is 235 g/mol. The van der Waals surface area contributed by atoms with Crippen molar-refractivity contribution in [2.24, 2.45) is 5.73 Å². The molecule has 1 heterocycles. The first-order valence-corrected chi connectivity index (χ1v) is 5.86. The van der Waals surface area contributed by atoms with Gasteiger partial charge in [0.15, 0.2) is 0 Å². The Morgan fingerprint density at radius 1 is 1.47 bits per heavy atom. The van der Waals surface area contributed by atoms with Crippen LogP contribution in [0.15, 0.2) is 30.3 Å². The zero-order valence-corrected chi connectivity index (χ0v) is 9.67. The third-order valence-electron chi connectivity index (χ3n) is 2.85. The van der Waals surface area contributed by atoms with Gasteiger partial charge in [-0.3, -0.25) is 0 Å². The maximum atomic E-state index is 11.7. The van der Waals surface area contributed by atoms with E-state index in [1.165, 1.54) is 0 Å². The molecule has 1 fully saturated rings. The number of benzene rings is 1. The Bertz CT molecular complexity index is 360. The number of rotatable bonds is 4. The summed E-state index contributed by atoms with van der Waals surface area (Å²) in [7, 11) is 0. The minimum absolute atomic E-state index is 0.0434. The molecule has 92 valence electrons. The summed E-state index contributed by atoms with van der Waals surface area (Å²) in [5.74, 6) is -0.397. The van der Waals surface area contributed by atoms with Gasteiger partial charge in [-0.05, 0) is 18.4 Å². The molecule has 0 radical (unpaired) electrons. The second-order valence-electron chi connectivity index (χ2n) is 4.15. The van der Waals surface area contributed by atoms with Crippen molar-refractivity contribution in [3.05, 3.63) is 35.9 Å². The van der Waals surface area contributed by atoms with Gasteiger partial charge in [-0.15, -0.1) is 0 Å². The second kappa shape index (κ2) is 5.80. The third kappa shape index (κ3) is 3.28. The summed E-state index contributed by atoms with van der Waals surface area (Å²) in [6.07, 6.45) is 2.03. The lowest BCUT2D eigenvalue weighted by atomic mass is 10.1. The number of carbonyl (C=O) groups excluding carboxylic acids is 1. The first-order valence-electron chi connectivity index (χ1n) is 5.86. The van der Waals surface area contributed by atoms with Crippen molar-refractivity contribution < 1.29 is 14.3 Å². The van der Waals surface area contributed by atoms with E-state index in [2.05, 4.69) is 0 Å². The quantitative estimate of drug-likeness (QED) is 0.801. The Kier molecular flexibility index (Phi) is 4.12. The van der Waals surface area contributed by atoms with Gasteiger partial charge < -0.3 is 15.2 Å². The highest BCUT2D eigenvalue weighted by molar-refractivity contribution is 5.77. The van der Waals surface area contributed by atoms with Crippen molar-refractivity contribution in [1.29, 1.82) is 0 Å². The SMILES string of the molecule is N[C@@H](C(=O)OCC1CCCO1)c1ccccc1. The van der Waals surface area contributed by atoms with Gasteiger partial charge in [0, 0.05) is 6.61 Å². The molecule has 1 aliphatic heterocycles. The van der Waals surface area contributed by atoms with E-state index in [0.717, 1.165) is 25.0 Å². The Morgan fingerprint density at radius 2 is 2.24 bits per heavy atom. The van der Waals surface area contributed by atoms with Crippen LogP contribution in [-0.2, 0) is 14.3 Å². The summed E-state index contributed by atoms with van der Waals surface area (Å²) in [4.78, 5) is 11.7. The molecule has 4 nitrogen and oxygen atoms in total. The van der Waals surface area contributed by atoms with E-state index in [1.54, 1.807) is 0 Å². The molecule has 1 aromatic carbocycles. The van der Waals surface area contributed by atoms with Crippen molar-refractivity contribution in [3.63, 3.8) is 0 Å². The molecule has 1 saturated heterocycles. The van der Waals surface area contributed by atoms with Crippen molar-refractivity contribution in [2.75, 3.05) is 13.2 Å². The summed E-state index contributed by atoms with van der Waals surface area (Å²) >= 11 is 0. The maximum Gasteiger partial charge on any atom is 0.327 e. The number of nitrogens with two attached hydrogens (primary N) is 1. The highest BCUT2D eigenvalue weighted by Crippen LogP contribution is 2.15. The van der Waals surface area contributed by atoms with Crippen LogP contribution in [0.5, 0.6) is 0 Å². The van der Waals surface area contributed by atoms with Gasteiger partial charge in [0.1, 0.15) is 12.6 Å². The normalized spacial score (nSPS) is 21.1. The Labute approximate surface area is 101 Å². The second-order valence-corrected chi connectivity index (χ2v) is 4.15. The van der Waals surface area contributed by atoms with Crippen LogP contribution in [0.1, 0.15) is 24.4 Å². The number of hydrogen-bond acceptors (Lipinski definition) is 4. The average Bonchev–Trinajstić information content (AvgIpc) is 2.89. The molecule has 0 amide bonds. The molecule has 0 bridgehead atoms. The van der Waals surface area contributed by atoms with E-state index in [1.807, 2.05) is 30.3 Å². The van der Waals surface area contributed by atoms with E-state index in [9.17, 15) is 4.79 Å². The molecule has 2 N–H and O–H groups in total. The topological polar surface area (TPSA) is 61.6 Å². The van der Waals surface area contributed by atoms with E-state index >= 15 is 0 Å². The molecular weight excluding hydrogens is 218 g/mol. The standard InChI is InChI=1S/C13H17NO3/c14-12(10-5-2-1-3-6-10)13(15)17-9-11-7-4-8-16-11/h1-3,5-6,11-12H,4,7-9,14H2/t11?,12-/m1/s1. The van der Waals surface area contributed by atoms with Crippen LogP contribution in [-0.4, -0.2) is 25.3 Å². The number of ether oxygens (including phenoxy) is 2. The van der Waals surface area contributed by atoms with E-state index in [4.69, 9.17) is 15.2 Å². The van der Waals surface area contributed by atoms with Crippen molar-refractivity contribution in [2.45, 2.75) is 25.0 Å². The van der Waals surface area contributed by atoms with Crippen LogP contribution < -0.4 is 5.73 Å². The van der Waals surface area contributed by atoms with Gasteiger partial charge in [0.2, 0.25) is 0 Å². The van der Waals surface area contributed by atoms with Crippen molar-refractivity contribution in [3.8, 4) is 0 Å². The summed E-state index contributed by atoms with van der Waals surface area (Å²) in [5, 5.41) is 0. The summed E-state index contributed by atoms with van der Waals surface area (Å²) in [5.41, 5.74) is 6.58. The van der Waals surface area contributed by atoms with Crippen LogP contribution in [0, 0.1) is 0 Å². The van der Waals surface area contributed by atoms with Crippen LogP contribution >= 0.6 is 0 Å². The molecule has 17 heavy (non-hydrogen) atoms. The van der Waals surface area contributed by atoms with E-state index in [-0.39, 0.29) is 6.10 Å². The smallest absolute Gasteiger partial charge is 0.327 e. The van der Waals surface area contributed by atoms with Gasteiger partial charge in [-0.25, -0.2) is 4.79 Å². The van der Waals surface area contributed by atoms with Crippen LogP contribution in [0.3, 0.4) is 0 Å². The van der Waals surface area contributed by atoms with Gasteiger partial charge >= 0.3 is 5.97 Å². The number of carbonyl (C=O) groups is 1. The van der Waals surface area contributed by atoms with Crippen LogP contribution in [0.25, 0.3) is 0 Å². The lowest BCUT2D eigenvalue weighted by Crippen LogP contribution is -2.27. The zero-order valence-electron chi connectivity index (χ0n) is 9.67. The fourth-order valence-corrected chi connectivity index (χ4v) is 1.84. The molecule has 4 heteroatoms. The van der Waals surface area contributed by atoms with Gasteiger partial charge in [-0.2, -0.15) is 0 Å². The highest BCUT2D eigenvalue weighted by atomic mass is 16.6. The molecule has 1 unspecified atom stereocenters. The highest BCUT2D eigenvalue weighted by Gasteiger charge is 2.21. The predicted octanol–water partition coefficient (Wildman–Crippen LogP) is 1.41. The molecule has 0 saturated carbocycles. The molecule has 0 aromatic heterocycles. The zero-order chi connectivity index (χ0) is 12.1. The lowest BCUT2D eigenvalue weighted by Gasteiger charge is -2.14. The fraction of sp³-hybridized carbons (Fsp3) is 0.462. The van der Waals surface area contributed by atoms with Gasteiger partial charge in [-0.1, -0.05) is 30.3 Å². The summed E-state index contributed by atoms with van der Waals surface area (Å²) < 4.78 is 10.5. The molecule has 2 atom stereocenters. The summed E-state index contributed by atoms with van der Waals surface area (Å²) in [6, 6.07) is 8.51. The largest absolute Gasteiger partial charge is 0.462 e. The molecule has 2 rings (SSSR count).